The van der Waals surface area contributed by atoms with Crippen LogP contribution in [0, 0.1) is 0 Å². The van der Waals surface area contributed by atoms with Crippen LogP contribution in [0.1, 0.15) is 0 Å². The monoisotopic (exact) mass is 94.0 g/mol. The average Bonchev–Trinajstić information content (AvgIpc) is 1.38. The molecular weight excluding hydrogens is 90.3 g/mol. The van der Waals surface area contributed by atoms with Gasteiger partial charge in [-0.15, -0.1) is 0 Å². The van der Waals surface area contributed by atoms with Crippen molar-refractivity contribution in [3.63, 3.8) is 0 Å². The summed E-state index contributed by atoms with van der Waals surface area (Å²) < 4.78 is 3.78. The Morgan fingerprint density at radius 3 is 2.20 bits per heavy atom. The second-order valence-corrected chi connectivity index (χ2v) is 0.867. The topological polar surface area (TPSA) is 29.5 Å². The van der Waals surface area contributed by atoms with Gasteiger partial charge in [0.05, 0.1) is 0 Å². The molecule has 0 aromatic heterocycles. The smallest absolute Gasteiger partial charge is 0.426 e. The highest BCUT2D eigenvalue weighted by Gasteiger charge is 1.96. The van der Waals surface area contributed by atoms with Crippen LogP contribution in [0.4, 0.5) is 0 Å². The van der Waals surface area contributed by atoms with Crippen molar-refractivity contribution in [3.8, 4) is 0 Å². The lowest BCUT2D eigenvalue weighted by Gasteiger charge is -1.82. The van der Waals surface area contributed by atoms with Crippen molar-refractivity contribution in [2.24, 2.45) is 0 Å². The van der Waals surface area contributed by atoms with Crippen molar-refractivity contribution in [2.75, 3.05) is 0 Å². The first-order valence-electron chi connectivity index (χ1n) is 1.23. The summed E-state index contributed by atoms with van der Waals surface area (Å²) >= 11 is 4.59. The van der Waals surface area contributed by atoms with E-state index in [2.05, 4.69) is 16.1 Å². The van der Waals surface area contributed by atoms with E-state index in [9.17, 15) is 0 Å². The molecule has 0 saturated heterocycles. The van der Waals surface area contributed by atoms with Gasteiger partial charge >= 0.3 is 7.12 Å². The molecule has 0 aliphatic carbocycles. The Morgan fingerprint density at radius 1 is 2.00 bits per heavy atom. The van der Waals surface area contributed by atoms with Gasteiger partial charge in [0.2, 0.25) is 0 Å². The minimum atomic E-state index is -0.850. The lowest BCUT2D eigenvalue weighted by atomic mass is 9.99. The van der Waals surface area contributed by atoms with Gasteiger partial charge in [-0.3, -0.25) is 0 Å². The molecule has 2 nitrogen and oxygen atoms in total. The molecule has 1 N–H and O–H groups in total. The first-order valence-corrected chi connectivity index (χ1v) is 1.53. The molecule has 30 valence electrons. The van der Waals surface area contributed by atoms with Crippen LogP contribution in [-0.2, 0) is 4.21 Å². The van der Waals surface area contributed by atoms with Crippen molar-refractivity contribution in [1.82, 2.24) is 0 Å². The van der Waals surface area contributed by atoms with E-state index < -0.39 is 7.12 Å². The van der Waals surface area contributed by atoms with Gasteiger partial charge in [0.15, 0.2) is 0 Å². The Bertz CT molecular complexity index is 23.6. The van der Waals surface area contributed by atoms with Crippen molar-refractivity contribution in [2.45, 2.75) is 6.82 Å². The summed E-state index contributed by atoms with van der Waals surface area (Å²) in [6.07, 6.45) is 0. The lowest BCUT2D eigenvalue weighted by Crippen LogP contribution is -2.03. The summed E-state index contributed by atoms with van der Waals surface area (Å²) in [6.45, 7) is 1.42. The Hall–Kier alpha value is 0.275. The maximum absolute atomic E-state index is 8.01. The lowest BCUT2D eigenvalue weighted by molar-refractivity contribution is 0.448. The zero-order chi connectivity index (χ0) is 4.28. The van der Waals surface area contributed by atoms with Gasteiger partial charge in [0, 0.05) is 11.9 Å². The van der Waals surface area contributed by atoms with Crippen molar-refractivity contribution < 1.29 is 9.23 Å². The molecule has 4 heteroatoms. The maximum atomic E-state index is 8.01. The van der Waals surface area contributed by atoms with Crippen molar-refractivity contribution >= 4 is 19.0 Å². The summed E-state index contributed by atoms with van der Waals surface area (Å²) in [5.41, 5.74) is 0. The summed E-state index contributed by atoms with van der Waals surface area (Å²) in [7, 11) is -0.850. The third kappa shape index (κ3) is 4.27. The number of rotatable bonds is 1. The van der Waals surface area contributed by atoms with E-state index in [1.54, 1.807) is 0 Å². The minimum Gasteiger partial charge on any atom is -0.426 e. The quantitative estimate of drug-likeness (QED) is 0.473. The van der Waals surface area contributed by atoms with E-state index in [-0.39, 0.29) is 0 Å². The molecule has 0 unspecified atom stereocenters. The molecule has 0 amide bonds. The molecule has 0 spiro atoms. The SMILES string of the molecule is CB(O)OCl. The van der Waals surface area contributed by atoms with E-state index in [0.29, 0.717) is 0 Å². The molecule has 5 heavy (non-hydrogen) atoms. The largest absolute Gasteiger partial charge is 0.468 e. The third-order valence-corrected chi connectivity index (χ3v) is 0.387. The number of hydrogen-bond acceptors (Lipinski definition) is 2. The van der Waals surface area contributed by atoms with Crippen LogP contribution < -0.4 is 0 Å². The molecule has 0 rings (SSSR count). The Labute approximate surface area is 36.0 Å². The van der Waals surface area contributed by atoms with Gasteiger partial charge < -0.3 is 9.23 Å². The van der Waals surface area contributed by atoms with Gasteiger partial charge in [-0.05, 0) is 6.82 Å². The molecule has 0 atom stereocenters. The van der Waals surface area contributed by atoms with Gasteiger partial charge in [-0.1, -0.05) is 0 Å². The first kappa shape index (κ1) is 5.27. The summed E-state index contributed by atoms with van der Waals surface area (Å²) in [5, 5.41) is 8.01. The molecule has 0 aromatic carbocycles. The van der Waals surface area contributed by atoms with Crippen molar-refractivity contribution in [1.29, 1.82) is 0 Å². The molecule has 0 aliphatic rings. The van der Waals surface area contributed by atoms with Gasteiger partial charge in [-0.25, -0.2) is 0 Å². The van der Waals surface area contributed by atoms with Crippen LogP contribution in [-0.4, -0.2) is 12.1 Å². The summed E-state index contributed by atoms with van der Waals surface area (Å²) in [4.78, 5) is 0. The standard InChI is InChI=1S/CH4BClO2/c1-2(4)5-3/h4H,1H3. The Balaban J connectivity index is 2.54. The molecule has 0 bridgehead atoms. The molecular formula is CH4BClO2. The number of hydrogen-bond donors (Lipinski definition) is 1. The zero-order valence-electron chi connectivity index (χ0n) is 2.81. The van der Waals surface area contributed by atoms with Gasteiger partial charge in [0.1, 0.15) is 0 Å². The molecule has 0 saturated carbocycles. The average molecular weight is 94.3 g/mol. The van der Waals surface area contributed by atoms with Crippen LogP contribution in [0.15, 0.2) is 0 Å². The molecule has 0 radical (unpaired) electrons. The fourth-order valence-corrected chi connectivity index (χ4v) is 0. The third-order valence-electron chi connectivity index (χ3n) is 0.129. The maximum Gasteiger partial charge on any atom is 0.468 e. The molecule has 0 fully saturated rings. The van der Waals surface area contributed by atoms with Crippen LogP contribution >= 0.6 is 11.9 Å². The number of halogens is 1. The van der Waals surface area contributed by atoms with E-state index in [0.717, 1.165) is 0 Å². The highest BCUT2D eigenvalue weighted by molar-refractivity contribution is 6.46. The predicted octanol–water partition coefficient (Wildman–Crippen LogP) is 0.267. The van der Waals surface area contributed by atoms with E-state index in [1.165, 1.54) is 6.82 Å². The normalized spacial score (nSPS) is 7.80. The fourth-order valence-electron chi connectivity index (χ4n) is 0. The molecule has 0 aromatic rings. The second kappa shape index (κ2) is 2.51. The minimum absolute atomic E-state index is 0.850. The van der Waals surface area contributed by atoms with E-state index in [4.69, 9.17) is 5.02 Å². The fraction of sp³-hybridized carbons (Fsp3) is 1.00. The van der Waals surface area contributed by atoms with E-state index >= 15 is 0 Å². The highest BCUT2D eigenvalue weighted by atomic mass is 35.5. The van der Waals surface area contributed by atoms with Gasteiger partial charge in [0.25, 0.3) is 0 Å². The molecule has 0 heterocycles. The summed E-state index contributed by atoms with van der Waals surface area (Å²) in [5.74, 6) is 0. The van der Waals surface area contributed by atoms with Crippen molar-refractivity contribution in [3.05, 3.63) is 0 Å². The van der Waals surface area contributed by atoms with Crippen LogP contribution in [0.2, 0.25) is 6.82 Å². The van der Waals surface area contributed by atoms with E-state index in [1.807, 2.05) is 0 Å². The summed E-state index contributed by atoms with van der Waals surface area (Å²) in [6, 6.07) is 0. The van der Waals surface area contributed by atoms with Crippen LogP contribution in [0.3, 0.4) is 0 Å². The second-order valence-electron chi connectivity index (χ2n) is 0.688. The zero-order valence-corrected chi connectivity index (χ0v) is 3.57. The molecule has 0 aliphatic heterocycles. The first-order chi connectivity index (χ1) is 2.27. The Kier molecular flexibility index (Phi) is 2.65. The van der Waals surface area contributed by atoms with Crippen LogP contribution in [0.25, 0.3) is 0 Å². The predicted molar refractivity (Wildman–Crippen MR) is 20.8 cm³/mol. The van der Waals surface area contributed by atoms with Gasteiger partial charge in [-0.2, -0.15) is 0 Å². The Morgan fingerprint density at radius 2 is 2.20 bits per heavy atom. The van der Waals surface area contributed by atoms with Crippen LogP contribution in [0.5, 0.6) is 0 Å². The highest BCUT2D eigenvalue weighted by Crippen LogP contribution is 1.79.